The van der Waals surface area contributed by atoms with E-state index in [9.17, 15) is 9.59 Å². The number of amides is 2. The van der Waals surface area contributed by atoms with Gasteiger partial charge >= 0.3 is 0 Å². The van der Waals surface area contributed by atoms with Gasteiger partial charge in [-0.05, 0) is 65.8 Å². The van der Waals surface area contributed by atoms with Crippen molar-refractivity contribution in [3.63, 3.8) is 0 Å². The lowest BCUT2D eigenvalue weighted by Gasteiger charge is -2.37. The van der Waals surface area contributed by atoms with Crippen molar-refractivity contribution in [3.8, 4) is 5.75 Å². The fraction of sp³-hybridized carbons (Fsp3) is 0.538. The van der Waals surface area contributed by atoms with Gasteiger partial charge in [-0.2, -0.15) is 0 Å². The summed E-state index contributed by atoms with van der Waals surface area (Å²) in [5.74, 6) is 1.95. The number of nitrogens with zero attached hydrogens (tertiary/aromatic N) is 2. The second-order valence-electron chi connectivity index (χ2n) is 9.26. The molecule has 1 aliphatic heterocycles. The second kappa shape index (κ2) is 10.1. The average molecular weight is 455 g/mol. The third-order valence-electron chi connectivity index (χ3n) is 6.53. The van der Waals surface area contributed by atoms with E-state index in [-0.39, 0.29) is 24.4 Å². The van der Waals surface area contributed by atoms with Crippen molar-refractivity contribution in [3.05, 3.63) is 51.7 Å². The van der Waals surface area contributed by atoms with E-state index < -0.39 is 0 Å². The van der Waals surface area contributed by atoms with Crippen LogP contribution in [0.3, 0.4) is 0 Å². The van der Waals surface area contributed by atoms with Crippen LogP contribution in [0.1, 0.15) is 68.0 Å². The molecule has 0 bridgehead atoms. The number of fused-ring (bicyclic) bond motifs is 1. The molecule has 2 heterocycles. The summed E-state index contributed by atoms with van der Waals surface area (Å²) in [6, 6.07) is 10.2. The van der Waals surface area contributed by atoms with Gasteiger partial charge in [-0.25, -0.2) is 0 Å². The summed E-state index contributed by atoms with van der Waals surface area (Å²) in [5.41, 5.74) is 2.47. The number of thiophene rings is 1. The summed E-state index contributed by atoms with van der Waals surface area (Å²) in [6.07, 6.45) is 3.63. The number of carbonyl (C=O) groups is 2. The molecule has 2 amide bonds. The maximum absolute atomic E-state index is 13.4. The molecule has 6 heteroatoms. The van der Waals surface area contributed by atoms with Crippen LogP contribution >= 0.6 is 11.3 Å². The van der Waals surface area contributed by atoms with Gasteiger partial charge in [-0.1, -0.05) is 32.9 Å². The Labute approximate surface area is 195 Å². The zero-order valence-corrected chi connectivity index (χ0v) is 20.2. The van der Waals surface area contributed by atoms with E-state index in [0.29, 0.717) is 38.0 Å². The van der Waals surface area contributed by atoms with Crippen molar-refractivity contribution in [2.45, 2.75) is 58.4 Å². The lowest BCUT2D eigenvalue weighted by Crippen LogP contribution is -2.48. The first-order valence-electron chi connectivity index (χ1n) is 11.8. The third kappa shape index (κ3) is 5.34. The first-order chi connectivity index (χ1) is 15.5. The fourth-order valence-corrected chi connectivity index (χ4v) is 5.27. The highest BCUT2D eigenvalue weighted by Gasteiger charge is 2.34. The molecular weight excluding hydrogens is 420 g/mol. The van der Waals surface area contributed by atoms with Gasteiger partial charge in [0.25, 0.3) is 0 Å². The summed E-state index contributed by atoms with van der Waals surface area (Å²) in [6.45, 7) is 8.18. The Kier molecular flexibility index (Phi) is 7.19. The predicted molar refractivity (Wildman–Crippen MR) is 128 cm³/mol. The molecule has 172 valence electrons. The maximum atomic E-state index is 13.4. The van der Waals surface area contributed by atoms with Gasteiger partial charge in [0.15, 0.2) is 0 Å². The first-order valence-corrected chi connectivity index (χ1v) is 12.7. The molecule has 32 heavy (non-hydrogen) atoms. The molecule has 1 fully saturated rings. The van der Waals surface area contributed by atoms with Gasteiger partial charge in [0.2, 0.25) is 11.8 Å². The third-order valence-corrected chi connectivity index (χ3v) is 7.52. The van der Waals surface area contributed by atoms with Crippen LogP contribution in [0.5, 0.6) is 5.75 Å². The van der Waals surface area contributed by atoms with Gasteiger partial charge in [0.05, 0.1) is 12.6 Å². The zero-order valence-electron chi connectivity index (χ0n) is 19.4. The van der Waals surface area contributed by atoms with E-state index in [4.69, 9.17) is 4.74 Å². The molecule has 1 aromatic heterocycles. The monoisotopic (exact) mass is 454 g/mol. The SMILES string of the molecule is CCC(=O)N(CC(=O)N1CCc2sccc2[C@H]1COc1ccc(C(C)C)cc1)CC1CC1. The molecule has 0 radical (unpaired) electrons. The molecule has 1 atom stereocenters. The molecule has 4 rings (SSSR count). The Bertz CT molecular complexity index is 933. The molecule has 1 aromatic carbocycles. The summed E-state index contributed by atoms with van der Waals surface area (Å²) in [5, 5.41) is 2.10. The number of ether oxygens (including phenoxy) is 1. The Morgan fingerprint density at radius 2 is 1.94 bits per heavy atom. The number of benzene rings is 1. The molecule has 0 unspecified atom stereocenters. The van der Waals surface area contributed by atoms with Crippen LogP contribution in [0.4, 0.5) is 0 Å². The normalized spacial score (nSPS) is 17.9. The van der Waals surface area contributed by atoms with E-state index in [1.54, 1.807) is 16.2 Å². The number of hydrogen-bond acceptors (Lipinski definition) is 4. The summed E-state index contributed by atoms with van der Waals surface area (Å²) >= 11 is 1.75. The van der Waals surface area contributed by atoms with E-state index in [2.05, 4.69) is 37.4 Å². The number of carbonyl (C=O) groups excluding carboxylic acids is 2. The molecule has 0 spiro atoms. The van der Waals surface area contributed by atoms with E-state index in [0.717, 1.165) is 25.0 Å². The molecule has 1 saturated carbocycles. The predicted octanol–water partition coefficient (Wildman–Crippen LogP) is 5.02. The van der Waals surface area contributed by atoms with Gasteiger partial charge in [0.1, 0.15) is 12.4 Å². The smallest absolute Gasteiger partial charge is 0.242 e. The van der Waals surface area contributed by atoms with E-state index >= 15 is 0 Å². The van der Waals surface area contributed by atoms with Crippen molar-refractivity contribution in [1.29, 1.82) is 0 Å². The first kappa shape index (κ1) is 22.8. The van der Waals surface area contributed by atoms with Crippen LogP contribution in [-0.4, -0.2) is 47.9 Å². The lowest BCUT2D eigenvalue weighted by molar-refractivity contribution is -0.142. The molecule has 0 saturated heterocycles. The fourth-order valence-electron chi connectivity index (χ4n) is 4.34. The number of hydrogen-bond donors (Lipinski definition) is 0. The number of rotatable bonds is 9. The van der Waals surface area contributed by atoms with Crippen LogP contribution in [0.2, 0.25) is 0 Å². The Morgan fingerprint density at radius 3 is 2.59 bits per heavy atom. The van der Waals surface area contributed by atoms with Crippen molar-refractivity contribution in [2.75, 3.05) is 26.2 Å². The van der Waals surface area contributed by atoms with Crippen LogP contribution in [0, 0.1) is 5.92 Å². The Balaban J connectivity index is 1.47. The standard InChI is InChI=1S/C26H34N2O3S/c1-4-25(29)27(15-19-5-6-19)16-26(30)28-13-11-24-22(12-14-32-24)23(28)17-31-21-9-7-20(8-10-21)18(2)3/h7-10,12,14,18-19,23H,4-6,11,13,15-17H2,1-3H3/t23-/m1/s1. The van der Waals surface area contributed by atoms with Crippen molar-refractivity contribution < 1.29 is 14.3 Å². The van der Waals surface area contributed by atoms with Crippen LogP contribution in [0.15, 0.2) is 35.7 Å². The highest BCUT2D eigenvalue weighted by atomic mass is 32.1. The van der Waals surface area contributed by atoms with Crippen LogP contribution < -0.4 is 4.74 Å². The Morgan fingerprint density at radius 1 is 1.19 bits per heavy atom. The zero-order chi connectivity index (χ0) is 22.7. The van der Waals surface area contributed by atoms with E-state index in [1.807, 2.05) is 24.0 Å². The molecular formula is C26H34N2O3S. The van der Waals surface area contributed by atoms with Crippen LogP contribution in [-0.2, 0) is 16.0 Å². The molecule has 0 N–H and O–H groups in total. The van der Waals surface area contributed by atoms with Gasteiger partial charge in [-0.3, -0.25) is 9.59 Å². The highest BCUT2D eigenvalue weighted by molar-refractivity contribution is 7.10. The molecule has 2 aromatic rings. The summed E-state index contributed by atoms with van der Waals surface area (Å²) in [4.78, 5) is 30.9. The van der Waals surface area contributed by atoms with Crippen molar-refractivity contribution in [1.82, 2.24) is 9.80 Å². The lowest BCUT2D eigenvalue weighted by atomic mass is 10.00. The van der Waals surface area contributed by atoms with Crippen LogP contribution in [0.25, 0.3) is 0 Å². The highest BCUT2D eigenvalue weighted by Crippen LogP contribution is 2.35. The summed E-state index contributed by atoms with van der Waals surface area (Å²) < 4.78 is 6.17. The minimum atomic E-state index is -0.123. The van der Waals surface area contributed by atoms with Crippen molar-refractivity contribution >= 4 is 23.2 Å². The minimum Gasteiger partial charge on any atom is -0.491 e. The topological polar surface area (TPSA) is 49.9 Å². The minimum absolute atomic E-state index is 0.0213. The average Bonchev–Trinajstić information content (AvgIpc) is 3.48. The van der Waals surface area contributed by atoms with Gasteiger partial charge in [-0.15, -0.1) is 11.3 Å². The summed E-state index contributed by atoms with van der Waals surface area (Å²) in [7, 11) is 0. The quantitative estimate of drug-likeness (QED) is 0.534. The van der Waals surface area contributed by atoms with E-state index in [1.165, 1.54) is 16.0 Å². The second-order valence-corrected chi connectivity index (χ2v) is 10.3. The van der Waals surface area contributed by atoms with Gasteiger partial charge < -0.3 is 14.5 Å². The molecule has 2 aliphatic rings. The maximum Gasteiger partial charge on any atom is 0.242 e. The largest absolute Gasteiger partial charge is 0.491 e. The molecule has 1 aliphatic carbocycles. The molecule has 5 nitrogen and oxygen atoms in total. The van der Waals surface area contributed by atoms with Crippen molar-refractivity contribution in [2.24, 2.45) is 5.92 Å². The Hall–Kier alpha value is -2.34. The van der Waals surface area contributed by atoms with Gasteiger partial charge in [0, 0.05) is 24.4 Å².